The Balaban J connectivity index is 1.76. The Labute approximate surface area is 97.2 Å². The summed E-state index contributed by atoms with van der Waals surface area (Å²) in [5.74, 6) is 0.217. The van der Waals surface area contributed by atoms with E-state index in [1.807, 2.05) is 15.7 Å². The Morgan fingerprint density at radius 2 is 2.25 bits per heavy atom. The number of hydrogen-bond donors (Lipinski definition) is 1. The van der Waals surface area contributed by atoms with E-state index in [9.17, 15) is 9.59 Å². The van der Waals surface area contributed by atoms with Crippen LogP contribution in [0, 0.1) is 0 Å². The summed E-state index contributed by atoms with van der Waals surface area (Å²) in [5.41, 5.74) is 1.98. The Morgan fingerprint density at radius 3 is 2.94 bits per heavy atom. The largest absolute Gasteiger partial charge is 0.354 e. The molecule has 2 aliphatic heterocycles. The SMILES string of the molecule is O=C1CC[C@@H](N2Cc3cscc3C2=O)CN1. The topological polar surface area (TPSA) is 49.4 Å². The van der Waals surface area contributed by atoms with Crippen LogP contribution in [0.3, 0.4) is 0 Å². The van der Waals surface area contributed by atoms with Crippen LogP contribution in [0.25, 0.3) is 0 Å². The van der Waals surface area contributed by atoms with Crippen molar-refractivity contribution in [1.29, 1.82) is 0 Å². The molecule has 1 atom stereocenters. The number of fused-ring (bicyclic) bond motifs is 1. The van der Waals surface area contributed by atoms with E-state index < -0.39 is 0 Å². The van der Waals surface area contributed by atoms with E-state index in [4.69, 9.17) is 0 Å². The maximum Gasteiger partial charge on any atom is 0.255 e. The second kappa shape index (κ2) is 3.59. The number of rotatable bonds is 1. The lowest BCUT2D eigenvalue weighted by atomic mass is 10.1. The smallest absolute Gasteiger partial charge is 0.255 e. The van der Waals surface area contributed by atoms with Crippen molar-refractivity contribution in [3.63, 3.8) is 0 Å². The zero-order valence-corrected chi connectivity index (χ0v) is 9.55. The molecule has 1 saturated heterocycles. The Hall–Kier alpha value is -1.36. The van der Waals surface area contributed by atoms with Crippen LogP contribution < -0.4 is 5.32 Å². The van der Waals surface area contributed by atoms with Gasteiger partial charge in [-0.3, -0.25) is 9.59 Å². The molecule has 0 radical (unpaired) electrons. The summed E-state index contributed by atoms with van der Waals surface area (Å²) >= 11 is 1.58. The Kier molecular flexibility index (Phi) is 2.21. The maximum absolute atomic E-state index is 12.1. The monoisotopic (exact) mass is 236 g/mol. The normalized spacial score (nSPS) is 24.5. The van der Waals surface area contributed by atoms with Crippen molar-refractivity contribution in [2.45, 2.75) is 25.4 Å². The summed E-state index contributed by atoms with van der Waals surface area (Å²) in [6.45, 7) is 1.30. The van der Waals surface area contributed by atoms with Crippen molar-refractivity contribution in [2.24, 2.45) is 0 Å². The summed E-state index contributed by atoms with van der Waals surface area (Å²) < 4.78 is 0. The molecule has 3 heterocycles. The molecule has 1 fully saturated rings. The number of thiophene rings is 1. The van der Waals surface area contributed by atoms with E-state index in [-0.39, 0.29) is 17.9 Å². The molecule has 1 N–H and O–H groups in total. The minimum absolute atomic E-state index is 0.0945. The van der Waals surface area contributed by atoms with Crippen molar-refractivity contribution in [3.8, 4) is 0 Å². The highest BCUT2D eigenvalue weighted by Crippen LogP contribution is 2.29. The van der Waals surface area contributed by atoms with Gasteiger partial charge in [0.2, 0.25) is 5.91 Å². The van der Waals surface area contributed by atoms with E-state index in [2.05, 4.69) is 5.32 Å². The predicted octanol–water partition coefficient (Wildman–Crippen LogP) is 0.983. The zero-order chi connectivity index (χ0) is 11.1. The van der Waals surface area contributed by atoms with Gasteiger partial charge in [-0.2, -0.15) is 11.3 Å². The maximum atomic E-state index is 12.1. The fourth-order valence-corrected chi connectivity index (χ4v) is 3.15. The van der Waals surface area contributed by atoms with Crippen LogP contribution in [-0.2, 0) is 11.3 Å². The standard InChI is InChI=1S/C11H12N2O2S/c14-10-2-1-8(3-12-10)13-4-7-5-16-6-9(7)11(13)15/h5-6,8H,1-4H2,(H,12,14)/t8-/m1/s1. The molecule has 1 aromatic rings. The van der Waals surface area contributed by atoms with Gasteiger partial charge in [0.1, 0.15) is 0 Å². The van der Waals surface area contributed by atoms with Gasteiger partial charge in [0.25, 0.3) is 5.91 Å². The molecule has 1 aromatic heterocycles. The second-order valence-corrected chi connectivity index (χ2v) is 4.98. The number of carbonyl (C=O) groups is 2. The summed E-state index contributed by atoms with van der Waals surface area (Å²) in [7, 11) is 0. The molecular formula is C11H12N2O2S. The van der Waals surface area contributed by atoms with Gasteiger partial charge < -0.3 is 10.2 Å². The van der Waals surface area contributed by atoms with E-state index in [1.54, 1.807) is 11.3 Å². The van der Waals surface area contributed by atoms with Gasteiger partial charge in [-0.1, -0.05) is 0 Å². The van der Waals surface area contributed by atoms with Crippen LogP contribution in [0.4, 0.5) is 0 Å². The molecule has 5 heteroatoms. The average Bonchev–Trinajstić information content (AvgIpc) is 2.84. The Morgan fingerprint density at radius 1 is 1.38 bits per heavy atom. The van der Waals surface area contributed by atoms with Gasteiger partial charge in [-0.15, -0.1) is 0 Å². The van der Waals surface area contributed by atoms with Crippen molar-refractivity contribution >= 4 is 23.2 Å². The molecule has 0 aliphatic carbocycles. The minimum atomic E-state index is 0.0945. The average molecular weight is 236 g/mol. The lowest BCUT2D eigenvalue weighted by Gasteiger charge is -2.31. The van der Waals surface area contributed by atoms with Gasteiger partial charge in [0.05, 0.1) is 11.6 Å². The first kappa shape index (κ1) is 9.84. The van der Waals surface area contributed by atoms with Crippen molar-refractivity contribution in [1.82, 2.24) is 10.2 Å². The molecular weight excluding hydrogens is 224 g/mol. The Bertz CT molecular complexity index is 445. The van der Waals surface area contributed by atoms with Crippen LogP contribution >= 0.6 is 11.3 Å². The fraction of sp³-hybridized carbons (Fsp3) is 0.455. The van der Waals surface area contributed by atoms with Gasteiger partial charge in [0.15, 0.2) is 0 Å². The summed E-state index contributed by atoms with van der Waals surface area (Å²) in [4.78, 5) is 25.0. The number of piperidine rings is 1. The molecule has 3 rings (SSSR count). The van der Waals surface area contributed by atoms with Crippen molar-refractivity contribution in [3.05, 3.63) is 21.9 Å². The predicted molar refractivity (Wildman–Crippen MR) is 60.2 cm³/mol. The first-order valence-electron chi connectivity index (χ1n) is 5.38. The van der Waals surface area contributed by atoms with Gasteiger partial charge >= 0.3 is 0 Å². The summed E-state index contributed by atoms with van der Waals surface area (Å²) in [6.07, 6.45) is 1.31. The fourth-order valence-electron chi connectivity index (χ4n) is 2.32. The molecule has 0 spiro atoms. The zero-order valence-electron chi connectivity index (χ0n) is 8.73. The third kappa shape index (κ3) is 1.43. The minimum Gasteiger partial charge on any atom is -0.354 e. The highest BCUT2D eigenvalue weighted by molar-refractivity contribution is 7.08. The second-order valence-electron chi connectivity index (χ2n) is 4.24. The highest BCUT2D eigenvalue weighted by atomic mass is 32.1. The molecule has 84 valence electrons. The first-order valence-corrected chi connectivity index (χ1v) is 6.33. The number of nitrogens with one attached hydrogen (secondary N) is 1. The molecule has 0 saturated carbocycles. The lowest BCUT2D eigenvalue weighted by molar-refractivity contribution is -0.123. The molecule has 0 bridgehead atoms. The first-order chi connectivity index (χ1) is 7.75. The van der Waals surface area contributed by atoms with E-state index >= 15 is 0 Å². The van der Waals surface area contributed by atoms with Gasteiger partial charge in [-0.05, 0) is 17.4 Å². The van der Waals surface area contributed by atoms with Gasteiger partial charge in [0, 0.05) is 24.9 Å². The molecule has 0 aromatic carbocycles. The third-order valence-electron chi connectivity index (χ3n) is 3.25. The highest BCUT2D eigenvalue weighted by Gasteiger charge is 2.34. The van der Waals surface area contributed by atoms with Crippen molar-refractivity contribution in [2.75, 3.05) is 6.54 Å². The summed E-state index contributed by atoms with van der Waals surface area (Å²) in [6, 6.07) is 0.169. The number of hydrogen-bond acceptors (Lipinski definition) is 3. The lowest BCUT2D eigenvalue weighted by Crippen LogP contribution is -2.48. The van der Waals surface area contributed by atoms with Crippen LogP contribution in [0.2, 0.25) is 0 Å². The van der Waals surface area contributed by atoms with Crippen LogP contribution in [-0.4, -0.2) is 29.3 Å². The van der Waals surface area contributed by atoms with Crippen LogP contribution in [0.15, 0.2) is 10.8 Å². The third-order valence-corrected chi connectivity index (χ3v) is 4.05. The molecule has 4 nitrogen and oxygen atoms in total. The van der Waals surface area contributed by atoms with Gasteiger partial charge in [-0.25, -0.2) is 0 Å². The molecule has 16 heavy (non-hydrogen) atoms. The van der Waals surface area contributed by atoms with E-state index in [0.29, 0.717) is 19.5 Å². The quantitative estimate of drug-likeness (QED) is 0.790. The van der Waals surface area contributed by atoms with E-state index in [1.165, 1.54) is 0 Å². The molecule has 2 amide bonds. The number of nitrogens with zero attached hydrogens (tertiary/aromatic N) is 1. The summed E-state index contributed by atoms with van der Waals surface area (Å²) in [5, 5.41) is 6.77. The van der Waals surface area contributed by atoms with Crippen molar-refractivity contribution < 1.29 is 9.59 Å². The van der Waals surface area contributed by atoms with E-state index in [0.717, 1.165) is 17.5 Å². The molecule has 0 unspecified atom stereocenters. The number of carbonyl (C=O) groups excluding carboxylic acids is 2. The van der Waals surface area contributed by atoms with Crippen LogP contribution in [0.1, 0.15) is 28.8 Å². The number of amides is 2. The van der Waals surface area contributed by atoms with Crippen LogP contribution in [0.5, 0.6) is 0 Å². The molecule has 2 aliphatic rings.